The van der Waals surface area contributed by atoms with Crippen LogP contribution in [0.25, 0.3) is 71.6 Å². The minimum Gasteiger partial charge on any atom is -0.336 e. The van der Waals surface area contributed by atoms with Crippen molar-refractivity contribution in [2.75, 3.05) is 4.90 Å². The van der Waals surface area contributed by atoms with Crippen LogP contribution in [0.15, 0.2) is 182 Å². The van der Waals surface area contributed by atoms with E-state index in [0.717, 1.165) is 6.54 Å². The molecule has 0 amide bonds. The van der Waals surface area contributed by atoms with Crippen LogP contribution in [0, 0.1) is 0 Å². The highest BCUT2D eigenvalue weighted by Crippen LogP contribution is 2.45. The Labute approximate surface area is 285 Å². The summed E-state index contributed by atoms with van der Waals surface area (Å²) >= 11 is 0. The fraction of sp³-hybridized carbons (Fsp3) is 0.0213. The van der Waals surface area contributed by atoms with Crippen LogP contribution in [0.3, 0.4) is 0 Å². The summed E-state index contributed by atoms with van der Waals surface area (Å²) in [5, 5.41) is 5.04. The lowest BCUT2D eigenvalue weighted by molar-refractivity contribution is 0.961. The van der Waals surface area contributed by atoms with E-state index in [-0.39, 0.29) is 0 Å². The lowest BCUT2D eigenvalue weighted by Gasteiger charge is -2.33. The summed E-state index contributed by atoms with van der Waals surface area (Å²) in [7, 11) is 0. The third-order valence-electron chi connectivity index (χ3n) is 10.2. The zero-order valence-corrected chi connectivity index (χ0v) is 26.9. The Morgan fingerprint density at radius 3 is 1.90 bits per heavy atom. The van der Waals surface area contributed by atoms with Gasteiger partial charge in [-0.25, -0.2) is 0 Å². The molecule has 2 heteroatoms. The predicted octanol–water partition coefficient (Wildman–Crippen LogP) is 12.6. The summed E-state index contributed by atoms with van der Waals surface area (Å²) in [6.07, 6.45) is 0. The first-order chi connectivity index (χ1) is 24.3. The van der Waals surface area contributed by atoms with E-state index in [1.165, 1.54) is 88.6 Å². The molecule has 230 valence electrons. The molecule has 8 aromatic carbocycles. The molecule has 1 aliphatic heterocycles. The van der Waals surface area contributed by atoms with Gasteiger partial charge < -0.3 is 9.47 Å². The van der Waals surface area contributed by atoms with Gasteiger partial charge in [0.2, 0.25) is 0 Å². The second kappa shape index (κ2) is 11.1. The molecule has 0 saturated carbocycles. The number of anilines is 2. The Morgan fingerprint density at radius 1 is 0.367 bits per heavy atom. The Bertz CT molecular complexity index is 2680. The SMILES string of the molecule is c1ccc(-c2ccc(N3Cc4ccc(-c5ccc6c(c5)c5ccccc5n6-c5cccc6ccccc56)cc4-c4ccccc43)cc2)cc1. The molecule has 2 heterocycles. The highest BCUT2D eigenvalue weighted by atomic mass is 15.1. The number of benzene rings is 8. The van der Waals surface area contributed by atoms with Crippen LogP contribution in [0.2, 0.25) is 0 Å². The van der Waals surface area contributed by atoms with Gasteiger partial charge in [0.15, 0.2) is 0 Å². The molecule has 0 saturated heterocycles. The largest absolute Gasteiger partial charge is 0.336 e. The van der Waals surface area contributed by atoms with Crippen LogP contribution in [0.5, 0.6) is 0 Å². The van der Waals surface area contributed by atoms with Gasteiger partial charge >= 0.3 is 0 Å². The van der Waals surface area contributed by atoms with E-state index in [2.05, 4.69) is 191 Å². The van der Waals surface area contributed by atoms with Gasteiger partial charge in [-0.3, -0.25) is 0 Å². The van der Waals surface area contributed by atoms with E-state index >= 15 is 0 Å². The average molecular weight is 625 g/mol. The topological polar surface area (TPSA) is 8.17 Å². The van der Waals surface area contributed by atoms with Gasteiger partial charge in [0.25, 0.3) is 0 Å². The first-order valence-electron chi connectivity index (χ1n) is 17.0. The minimum atomic E-state index is 0.828. The second-order valence-corrected chi connectivity index (χ2v) is 13.0. The van der Waals surface area contributed by atoms with Gasteiger partial charge in [0.1, 0.15) is 0 Å². The molecule has 10 rings (SSSR count). The van der Waals surface area contributed by atoms with Crippen LogP contribution >= 0.6 is 0 Å². The fourth-order valence-electron chi connectivity index (χ4n) is 7.85. The molecule has 0 fully saturated rings. The minimum absolute atomic E-state index is 0.828. The van der Waals surface area contributed by atoms with Gasteiger partial charge in [-0.05, 0) is 87.3 Å². The standard InChI is InChI=1S/C47H32N2/c1-2-11-32(12-3-1)33-23-26-38(27-24-33)48-31-37-22-21-35(29-42(37)40-16-6-8-18-44(40)48)36-25-28-47-43(30-36)41-17-7-9-19-46(41)49(47)45-20-10-14-34-13-4-5-15-39(34)45/h1-30H,31H2. The number of hydrogen-bond donors (Lipinski definition) is 0. The molecule has 0 N–H and O–H groups in total. The predicted molar refractivity (Wildman–Crippen MR) is 207 cm³/mol. The van der Waals surface area contributed by atoms with E-state index in [1.807, 2.05) is 0 Å². The van der Waals surface area contributed by atoms with Crippen molar-refractivity contribution in [3.05, 3.63) is 188 Å². The zero-order chi connectivity index (χ0) is 32.3. The number of para-hydroxylation sites is 2. The summed E-state index contributed by atoms with van der Waals surface area (Å²) in [6.45, 7) is 0.828. The average Bonchev–Trinajstić information content (AvgIpc) is 3.51. The smallest absolute Gasteiger partial charge is 0.0541 e. The Balaban J connectivity index is 1.06. The number of fused-ring (bicyclic) bond motifs is 7. The number of rotatable bonds is 4. The van der Waals surface area contributed by atoms with Crippen molar-refractivity contribution in [2.24, 2.45) is 0 Å². The Hall–Kier alpha value is -6.38. The van der Waals surface area contributed by atoms with Gasteiger partial charge in [0, 0.05) is 39.6 Å². The molecule has 49 heavy (non-hydrogen) atoms. The molecule has 0 unspecified atom stereocenters. The molecule has 0 aliphatic carbocycles. The normalized spacial score (nSPS) is 12.4. The van der Waals surface area contributed by atoms with Crippen LogP contribution in [0.4, 0.5) is 11.4 Å². The van der Waals surface area contributed by atoms with Crippen molar-refractivity contribution < 1.29 is 0 Å². The van der Waals surface area contributed by atoms with Crippen molar-refractivity contribution >= 4 is 44.0 Å². The van der Waals surface area contributed by atoms with Gasteiger partial charge in [-0.15, -0.1) is 0 Å². The molecule has 1 aliphatic rings. The number of aromatic nitrogens is 1. The van der Waals surface area contributed by atoms with Gasteiger partial charge in [-0.1, -0.05) is 133 Å². The number of hydrogen-bond acceptors (Lipinski definition) is 1. The maximum absolute atomic E-state index is 2.44. The van der Waals surface area contributed by atoms with Crippen LogP contribution in [0.1, 0.15) is 5.56 Å². The summed E-state index contributed by atoms with van der Waals surface area (Å²) < 4.78 is 2.43. The first-order valence-corrected chi connectivity index (χ1v) is 17.0. The van der Waals surface area contributed by atoms with Crippen molar-refractivity contribution in [2.45, 2.75) is 6.54 Å². The van der Waals surface area contributed by atoms with Crippen LogP contribution in [-0.2, 0) is 6.54 Å². The van der Waals surface area contributed by atoms with Crippen molar-refractivity contribution in [1.82, 2.24) is 4.57 Å². The highest BCUT2D eigenvalue weighted by molar-refractivity contribution is 6.11. The molecule has 1 aromatic heterocycles. The molecule has 0 atom stereocenters. The first kappa shape index (κ1) is 27.7. The van der Waals surface area contributed by atoms with Crippen molar-refractivity contribution in [1.29, 1.82) is 0 Å². The summed E-state index contributed by atoms with van der Waals surface area (Å²) in [5.74, 6) is 0. The van der Waals surface area contributed by atoms with Crippen molar-refractivity contribution in [3.63, 3.8) is 0 Å². The lowest BCUT2D eigenvalue weighted by Crippen LogP contribution is -2.21. The maximum Gasteiger partial charge on any atom is 0.0541 e. The van der Waals surface area contributed by atoms with E-state index in [0.29, 0.717) is 0 Å². The highest BCUT2D eigenvalue weighted by Gasteiger charge is 2.24. The molecule has 9 aromatic rings. The van der Waals surface area contributed by atoms with E-state index in [9.17, 15) is 0 Å². The van der Waals surface area contributed by atoms with Crippen molar-refractivity contribution in [3.8, 4) is 39.1 Å². The fourth-order valence-corrected chi connectivity index (χ4v) is 7.85. The Kier molecular flexibility index (Phi) is 6.28. The van der Waals surface area contributed by atoms with Crippen LogP contribution in [-0.4, -0.2) is 4.57 Å². The van der Waals surface area contributed by atoms with E-state index < -0.39 is 0 Å². The quantitative estimate of drug-likeness (QED) is 0.189. The third-order valence-corrected chi connectivity index (χ3v) is 10.2. The van der Waals surface area contributed by atoms with Crippen LogP contribution < -0.4 is 4.90 Å². The van der Waals surface area contributed by atoms with Gasteiger partial charge in [0.05, 0.1) is 16.7 Å². The molecule has 0 radical (unpaired) electrons. The molecule has 2 nitrogen and oxygen atoms in total. The summed E-state index contributed by atoms with van der Waals surface area (Å²) in [4.78, 5) is 2.44. The summed E-state index contributed by atoms with van der Waals surface area (Å²) in [6, 6.07) is 66.5. The molecule has 0 bridgehead atoms. The number of nitrogens with zero attached hydrogens (tertiary/aromatic N) is 2. The second-order valence-electron chi connectivity index (χ2n) is 13.0. The maximum atomic E-state index is 2.44. The Morgan fingerprint density at radius 2 is 1.00 bits per heavy atom. The van der Waals surface area contributed by atoms with E-state index in [1.54, 1.807) is 0 Å². The molecular formula is C47H32N2. The third kappa shape index (κ3) is 4.49. The molecule has 0 spiro atoms. The zero-order valence-electron chi connectivity index (χ0n) is 26.9. The lowest BCUT2D eigenvalue weighted by atomic mass is 9.89. The summed E-state index contributed by atoms with van der Waals surface area (Å²) in [5.41, 5.74) is 15.0. The van der Waals surface area contributed by atoms with E-state index in [4.69, 9.17) is 0 Å². The van der Waals surface area contributed by atoms with Gasteiger partial charge in [-0.2, -0.15) is 0 Å². The molecular weight excluding hydrogens is 593 g/mol. The monoisotopic (exact) mass is 624 g/mol.